The molecule has 3 aromatic rings. The fraction of sp³-hybridized carbons (Fsp3) is 0.158. The minimum Gasteiger partial charge on any atom is -0.362 e. The van der Waals surface area contributed by atoms with Gasteiger partial charge < -0.3 is 4.74 Å². The van der Waals surface area contributed by atoms with E-state index in [1.807, 2.05) is 54.6 Å². The van der Waals surface area contributed by atoms with E-state index in [2.05, 4.69) is 21.0 Å². The summed E-state index contributed by atoms with van der Waals surface area (Å²) < 4.78 is 7.91. The molecule has 0 unspecified atom stereocenters. The molecular weight excluding hydrogens is 368 g/mol. The maximum absolute atomic E-state index is 12.0. The second-order valence-corrected chi connectivity index (χ2v) is 6.19. The molecule has 0 bridgehead atoms. The van der Waals surface area contributed by atoms with Gasteiger partial charge in [-0.2, -0.15) is 5.10 Å². The molecular formula is C19H17BrN2O2. The highest BCUT2D eigenvalue weighted by Crippen LogP contribution is 2.38. The molecule has 0 aliphatic carbocycles. The monoisotopic (exact) mass is 384 g/mol. The molecule has 0 N–H and O–H groups in total. The minimum absolute atomic E-state index is 0.0175. The van der Waals surface area contributed by atoms with Gasteiger partial charge in [-0.05, 0) is 22.9 Å². The lowest BCUT2D eigenvalue weighted by Gasteiger charge is -2.10. The molecule has 122 valence electrons. The van der Waals surface area contributed by atoms with Gasteiger partial charge in [0.25, 0.3) is 0 Å². The zero-order valence-corrected chi connectivity index (χ0v) is 15.1. The molecule has 0 radical (unpaired) electrons. The van der Waals surface area contributed by atoms with Crippen LogP contribution in [0.5, 0.6) is 0 Å². The van der Waals surface area contributed by atoms with Crippen LogP contribution in [0.1, 0.15) is 17.3 Å². The highest BCUT2D eigenvalue weighted by molar-refractivity contribution is 9.10. The number of ketones is 1. The average Bonchev–Trinajstić information content (AvgIpc) is 2.92. The lowest BCUT2D eigenvalue weighted by molar-refractivity contribution is 0.101. The van der Waals surface area contributed by atoms with Crippen LogP contribution in [0.3, 0.4) is 0 Å². The quantitative estimate of drug-likeness (QED) is 0.594. The molecule has 0 saturated heterocycles. The summed E-state index contributed by atoms with van der Waals surface area (Å²) >= 11 is 3.68. The normalized spacial score (nSPS) is 10.8. The Balaban J connectivity index is 2.25. The van der Waals surface area contributed by atoms with Crippen molar-refractivity contribution in [3.63, 3.8) is 0 Å². The van der Waals surface area contributed by atoms with Crippen molar-refractivity contribution in [1.82, 2.24) is 9.78 Å². The van der Waals surface area contributed by atoms with E-state index < -0.39 is 0 Å². The SMILES string of the molecule is COCn1nc(-c2ccccc2)c(Br)c1-c1ccccc1C(C)=O. The maximum atomic E-state index is 12.0. The second-order valence-electron chi connectivity index (χ2n) is 5.40. The average molecular weight is 385 g/mol. The number of carbonyl (C=O) groups is 1. The number of benzene rings is 2. The number of halogens is 1. The highest BCUT2D eigenvalue weighted by Gasteiger charge is 2.21. The second kappa shape index (κ2) is 7.11. The first-order valence-electron chi connectivity index (χ1n) is 7.54. The largest absolute Gasteiger partial charge is 0.362 e. The summed E-state index contributed by atoms with van der Waals surface area (Å²) in [6.07, 6.45) is 0. The number of ether oxygens (including phenoxy) is 1. The molecule has 2 aromatic carbocycles. The van der Waals surface area contributed by atoms with Crippen molar-refractivity contribution in [2.75, 3.05) is 7.11 Å². The van der Waals surface area contributed by atoms with Crippen molar-refractivity contribution in [1.29, 1.82) is 0 Å². The third kappa shape index (κ3) is 3.05. The molecule has 1 aromatic heterocycles. The van der Waals surface area contributed by atoms with Crippen LogP contribution in [0.15, 0.2) is 59.1 Å². The Bertz CT molecular complexity index is 872. The third-order valence-electron chi connectivity index (χ3n) is 3.75. The van der Waals surface area contributed by atoms with Crippen molar-refractivity contribution >= 4 is 21.7 Å². The molecule has 0 amide bonds. The van der Waals surface area contributed by atoms with E-state index in [1.165, 1.54) is 0 Å². The molecule has 0 aliphatic rings. The Morgan fingerprint density at radius 2 is 1.79 bits per heavy atom. The van der Waals surface area contributed by atoms with Gasteiger partial charge >= 0.3 is 0 Å². The van der Waals surface area contributed by atoms with Crippen molar-refractivity contribution in [2.24, 2.45) is 0 Å². The molecule has 0 saturated carbocycles. The van der Waals surface area contributed by atoms with Gasteiger partial charge in [0.1, 0.15) is 12.4 Å². The lowest BCUT2D eigenvalue weighted by atomic mass is 10.0. The first-order valence-corrected chi connectivity index (χ1v) is 8.33. The van der Waals surface area contributed by atoms with Crippen molar-refractivity contribution < 1.29 is 9.53 Å². The van der Waals surface area contributed by atoms with Gasteiger partial charge in [0.05, 0.1) is 10.2 Å². The van der Waals surface area contributed by atoms with E-state index in [4.69, 9.17) is 4.74 Å². The highest BCUT2D eigenvalue weighted by atomic mass is 79.9. The number of rotatable bonds is 5. The van der Waals surface area contributed by atoms with Gasteiger partial charge in [0.2, 0.25) is 0 Å². The van der Waals surface area contributed by atoms with E-state index in [9.17, 15) is 4.79 Å². The van der Waals surface area contributed by atoms with Gasteiger partial charge in [-0.15, -0.1) is 0 Å². The molecule has 0 spiro atoms. The van der Waals surface area contributed by atoms with Gasteiger partial charge in [0.15, 0.2) is 5.78 Å². The Hall–Kier alpha value is -2.24. The summed E-state index contributed by atoms with van der Waals surface area (Å²) in [5.74, 6) is 0.0175. The van der Waals surface area contributed by atoms with Gasteiger partial charge in [0, 0.05) is 23.8 Å². The standard InChI is InChI=1S/C19H17BrN2O2/c1-13(23)15-10-6-7-11-16(15)19-17(20)18(21-22(19)12-24-2)14-8-4-3-5-9-14/h3-11H,12H2,1-2H3. The summed E-state index contributed by atoms with van der Waals surface area (Å²) in [4.78, 5) is 12.0. The number of methoxy groups -OCH3 is 1. The fourth-order valence-electron chi connectivity index (χ4n) is 2.69. The van der Waals surface area contributed by atoms with E-state index >= 15 is 0 Å². The smallest absolute Gasteiger partial charge is 0.160 e. The van der Waals surface area contributed by atoms with E-state index in [0.29, 0.717) is 12.3 Å². The van der Waals surface area contributed by atoms with Gasteiger partial charge in [-0.25, -0.2) is 4.68 Å². The van der Waals surface area contributed by atoms with E-state index in [1.54, 1.807) is 18.7 Å². The molecule has 0 atom stereocenters. The number of hydrogen-bond acceptors (Lipinski definition) is 3. The maximum Gasteiger partial charge on any atom is 0.160 e. The van der Waals surface area contributed by atoms with Crippen molar-refractivity contribution in [2.45, 2.75) is 13.7 Å². The van der Waals surface area contributed by atoms with Crippen LogP contribution in [-0.4, -0.2) is 22.7 Å². The van der Waals surface area contributed by atoms with Gasteiger partial charge in [-0.3, -0.25) is 4.79 Å². The van der Waals surface area contributed by atoms with E-state index in [0.717, 1.165) is 27.0 Å². The Morgan fingerprint density at radius 3 is 2.46 bits per heavy atom. The number of hydrogen-bond donors (Lipinski definition) is 0. The molecule has 24 heavy (non-hydrogen) atoms. The predicted octanol–water partition coefficient (Wildman–Crippen LogP) is 4.79. The number of nitrogens with zero attached hydrogens (tertiary/aromatic N) is 2. The zero-order chi connectivity index (χ0) is 17.1. The number of carbonyl (C=O) groups excluding carboxylic acids is 1. The number of Topliss-reactive ketones (excluding diaryl/α,β-unsaturated/α-hetero) is 1. The fourth-order valence-corrected chi connectivity index (χ4v) is 3.42. The van der Waals surface area contributed by atoms with Crippen LogP contribution in [0, 0.1) is 0 Å². The summed E-state index contributed by atoms with van der Waals surface area (Å²) in [5, 5.41) is 4.68. The molecule has 4 nitrogen and oxygen atoms in total. The van der Waals surface area contributed by atoms with Crippen LogP contribution in [0.4, 0.5) is 0 Å². The zero-order valence-electron chi connectivity index (χ0n) is 13.5. The Kier molecular flexibility index (Phi) is 4.92. The minimum atomic E-state index is 0.0175. The van der Waals surface area contributed by atoms with Crippen LogP contribution in [0.2, 0.25) is 0 Å². The van der Waals surface area contributed by atoms with Crippen molar-refractivity contribution in [3.8, 4) is 22.5 Å². The predicted molar refractivity (Wildman–Crippen MR) is 97.8 cm³/mol. The first kappa shape index (κ1) is 16.6. The molecule has 0 fully saturated rings. The van der Waals surface area contributed by atoms with Crippen LogP contribution in [0.25, 0.3) is 22.5 Å². The molecule has 1 heterocycles. The molecule has 0 aliphatic heterocycles. The topological polar surface area (TPSA) is 44.1 Å². The first-order chi connectivity index (χ1) is 11.6. The Labute approximate surface area is 149 Å². The van der Waals surface area contributed by atoms with Crippen molar-refractivity contribution in [3.05, 3.63) is 64.6 Å². The summed E-state index contributed by atoms with van der Waals surface area (Å²) in [5.41, 5.74) is 4.15. The van der Waals surface area contributed by atoms with Crippen LogP contribution < -0.4 is 0 Å². The molecule has 3 rings (SSSR count). The van der Waals surface area contributed by atoms with Crippen LogP contribution >= 0.6 is 15.9 Å². The summed E-state index contributed by atoms with van der Waals surface area (Å²) in [6.45, 7) is 1.87. The van der Waals surface area contributed by atoms with Crippen LogP contribution in [-0.2, 0) is 11.5 Å². The summed E-state index contributed by atoms with van der Waals surface area (Å²) in [6, 6.07) is 17.5. The number of aromatic nitrogens is 2. The summed E-state index contributed by atoms with van der Waals surface area (Å²) in [7, 11) is 1.62. The third-order valence-corrected chi connectivity index (χ3v) is 4.51. The van der Waals surface area contributed by atoms with Gasteiger partial charge in [-0.1, -0.05) is 54.6 Å². The van der Waals surface area contributed by atoms with E-state index in [-0.39, 0.29) is 5.78 Å². The molecule has 5 heteroatoms. The lowest BCUT2D eigenvalue weighted by Crippen LogP contribution is -2.06. The Morgan fingerprint density at radius 1 is 1.12 bits per heavy atom.